The van der Waals surface area contributed by atoms with Crippen molar-refractivity contribution in [1.82, 2.24) is 10.2 Å². The van der Waals surface area contributed by atoms with Gasteiger partial charge in [0.2, 0.25) is 0 Å². The van der Waals surface area contributed by atoms with Gasteiger partial charge in [0.1, 0.15) is 18.4 Å². The quantitative estimate of drug-likeness (QED) is 0.274. The number of carbonyl (C=O) groups excluding carboxylic acids is 3. The Bertz CT molecular complexity index is 793. The smallest absolute Gasteiger partial charge is 0.392 e. The van der Waals surface area contributed by atoms with Gasteiger partial charge in [0.05, 0.1) is 19.3 Å². The number of carbonyl (C=O) groups is 3. The van der Waals surface area contributed by atoms with Gasteiger partial charge < -0.3 is 18.7 Å². The molecule has 1 rings (SSSR count). The standard InChI is InChI=1S/C20H31N2O8P/c1-12(2)28-19(24)14(5)21-31(26,22-15(6)20(25)29-13(3)4)30-18-10-16(11-23)8-9-17(18)27-7/h8-15H,1-7H3,(H2,21,22,26)/t14-,15-/m0/s1. The minimum atomic E-state index is -4.12. The van der Waals surface area contributed by atoms with E-state index in [2.05, 4.69) is 10.2 Å². The fraction of sp³-hybridized carbons (Fsp3) is 0.550. The molecule has 0 aliphatic carbocycles. The van der Waals surface area contributed by atoms with Gasteiger partial charge in [0, 0.05) is 5.56 Å². The third kappa shape index (κ3) is 8.69. The van der Waals surface area contributed by atoms with E-state index in [-0.39, 0.29) is 29.3 Å². The summed E-state index contributed by atoms with van der Waals surface area (Å²) in [6.07, 6.45) is -0.174. The zero-order valence-electron chi connectivity index (χ0n) is 18.8. The molecule has 174 valence electrons. The molecule has 0 heterocycles. The normalized spacial score (nSPS) is 13.5. The number of ether oxygens (including phenoxy) is 3. The molecular formula is C20H31N2O8P. The number of nitrogens with one attached hydrogen (secondary N) is 2. The molecule has 1 aromatic carbocycles. The van der Waals surface area contributed by atoms with E-state index in [1.165, 1.54) is 39.2 Å². The lowest BCUT2D eigenvalue weighted by molar-refractivity contribution is -0.149. The van der Waals surface area contributed by atoms with Crippen LogP contribution in [0.1, 0.15) is 51.9 Å². The van der Waals surface area contributed by atoms with Crippen LogP contribution in [0.25, 0.3) is 0 Å². The Morgan fingerprint density at radius 2 is 1.39 bits per heavy atom. The van der Waals surface area contributed by atoms with E-state index in [1.807, 2.05) is 0 Å². The van der Waals surface area contributed by atoms with Gasteiger partial charge in [-0.1, -0.05) is 0 Å². The third-order valence-corrected chi connectivity index (χ3v) is 5.60. The topological polar surface area (TPSA) is 129 Å². The molecule has 31 heavy (non-hydrogen) atoms. The maximum atomic E-state index is 13.6. The molecular weight excluding hydrogens is 427 g/mol. The van der Waals surface area contributed by atoms with Gasteiger partial charge in [-0.3, -0.25) is 14.4 Å². The van der Waals surface area contributed by atoms with E-state index in [0.29, 0.717) is 6.29 Å². The molecule has 0 aromatic heterocycles. The Kier molecular flexibility index (Phi) is 10.2. The number of rotatable bonds is 12. The Hall–Kier alpha value is -2.42. The molecule has 0 unspecified atom stereocenters. The number of methoxy groups -OCH3 is 1. The molecule has 11 heteroatoms. The Balaban J connectivity index is 3.23. The maximum absolute atomic E-state index is 13.6. The van der Waals surface area contributed by atoms with E-state index < -0.39 is 31.7 Å². The first-order valence-corrected chi connectivity index (χ1v) is 11.4. The van der Waals surface area contributed by atoms with Crippen LogP contribution in [-0.2, 0) is 23.6 Å². The summed E-state index contributed by atoms with van der Waals surface area (Å²) in [6, 6.07) is 2.20. The first-order chi connectivity index (χ1) is 14.4. The van der Waals surface area contributed by atoms with E-state index >= 15 is 0 Å². The summed E-state index contributed by atoms with van der Waals surface area (Å²) in [5.41, 5.74) is 0.252. The van der Waals surface area contributed by atoms with Gasteiger partial charge in [0.15, 0.2) is 11.5 Å². The van der Waals surface area contributed by atoms with E-state index in [4.69, 9.17) is 18.7 Å². The monoisotopic (exact) mass is 458 g/mol. The van der Waals surface area contributed by atoms with Gasteiger partial charge in [-0.2, -0.15) is 0 Å². The Morgan fingerprint density at radius 1 is 0.903 bits per heavy atom. The van der Waals surface area contributed by atoms with Crippen molar-refractivity contribution in [3.05, 3.63) is 23.8 Å². The van der Waals surface area contributed by atoms with Crippen LogP contribution in [0, 0.1) is 0 Å². The average molecular weight is 458 g/mol. The summed E-state index contributed by atoms with van der Waals surface area (Å²) < 4.78 is 34.8. The number of hydrogen-bond acceptors (Lipinski definition) is 8. The van der Waals surface area contributed by atoms with Crippen LogP contribution in [0.3, 0.4) is 0 Å². The predicted molar refractivity (Wildman–Crippen MR) is 114 cm³/mol. The lowest BCUT2D eigenvalue weighted by atomic mass is 10.2. The third-order valence-electron chi connectivity index (χ3n) is 3.69. The molecule has 0 aliphatic rings. The fourth-order valence-corrected chi connectivity index (χ4v) is 4.18. The first kappa shape index (κ1) is 26.6. The number of benzene rings is 1. The molecule has 0 bridgehead atoms. The molecule has 0 radical (unpaired) electrons. The second-order valence-corrected chi connectivity index (χ2v) is 9.15. The lowest BCUT2D eigenvalue weighted by Gasteiger charge is -2.27. The zero-order chi connectivity index (χ0) is 23.8. The molecule has 0 amide bonds. The summed E-state index contributed by atoms with van der Waals surface area (Å²) in [5, 5.41) is 5.14. The highest BCUT2D eigenvalue weighted by Gasteiger charge is 2.35. The fourth-order valence-electron chi connectivity index (χ4n) is 2.35. The summed E-state index contributed by atoms with van der Waals surface area (Å²) in [7, 11) is -2.74. The second kappa shape index (κ2) is 11.8. The van der Waals surface area contributed by atoms with Gasteiger partial charge in [-0.05, 0) is 59.7 Å². The van der Waals surface area contributed by atoms with Crippen LogP contribution >= 0.6 is 7.67 Å². The maximum Gasteiger partial charge on any atom is 0.392 e. The molecule has 0 spiro atoms. The van der Waals surface area contributed by atoms with E-state index in [0.717, 1.165) is 0 Å². The number of aldehydes is 1. The average Bonchev–Trinajstić information content (AvgIpc) is 2.66. The summed E-state index contributed by atoms with van der Waals surface area (Å²) in [6.45, 7) is 9.60. The highest BCUT2D eigenvalue weighted by atomic mass is 31.2. The lowest BCUT2D eigenvalue weighted by Crippen LogP contribution is -2.43. The molecule has 0 saturated heterocycles. The van der Waals surface area contributed by atoms with Crippen LogP contribution < -0.4 is 19.4 Å². The van der Waals surface area contributed by atoms with Crippen molar-refractivity contribution in [2.45, 2.75) is 65.8 Å². The van der Waals surface area contributed by atoms with Crippen molar-refractivity contribution in [1.29, 1.82) is 0 Å². The van der Waals surface area contributed by atoms with Crippen LogP contribution in [0.15, 0.2) is 18.2 Å². The molecule has 0 saturated carbocycles. The van der Waals surface area contributed by atoms with Crippen molar-refractivity contribution in [3.8, 4) is 11.5 Å². The van der Waals surface area contributed by atoms with Gasteiger partial charge in [0.25, 0.3) is 0 Å². The van der Waals surface area contributed by atoms with Crippen LogP contribution in [-0.4, -0.2) is 49.6 Å². The summed E-state index contributed by atoms with van der Waals surface area (Å²) in [4.78, 5) is 35.6. The number of hydrogen-bond donors (Lipinski definition) is 2. The van der Waals surface area contributed by atoms with Crippen LogP contribution in [0.4, 0.5) is 0 Å². The molecule has 0 fully saturated rings. The predicted octanol–water partition coefficient (Wildman–Crippen LogP) is 2.85. The zero-order valence-corrected chi connectivity index (χ0v) is 19.7. The molecule has 2 N–H and O–H groups in total. The van der Waals surface area contributed by atoms with Crippen molar-refractivity contribution in [2.75, 3.05) is 7.11 Å². The second-order valence-electron chi connectivity index (χ2n) is 7.34. The molecule has 10 nitrogen and oxygen atoms in total. The van der Waals surface area contributed by atoms with E-state index in [1.54, 1.807) is 27.7 Å². The first-order valence-electron chi connectivity index (χ1n) is 9.80. The van der Waals surface area contributed by atoms with Crippen LogP contribution in [0.2, 0.25) is 0 Å². The van der Waals surface area contributed by atoms with E-state index in [9.17, 15) is 18.9 Å². The minimum Gasteiger partial charge on any atom is -0.493 e. The molecule has 0 aliphatic heterocycles. The van der Waals surface area contributed by atoms with Crippen molar-refractivity contribution in [2.24, 2.45) is 0 Å². The minimum absolute atomic E-state index is 0.0238. The van der Waals surface area contributed by atoms with Gasteiger partial charge in [-0.15, -0.1) is 0 Å². The largest absolute Gasteiger partial charge is 0.493 e. The molecule has 1 aromatic rings. The summed E-state index contributed by atoms with van der Waals surface area (Å²) >= 11 is 0. The number of esters is 2. The highest BCUT2D eigenvalue weighted by molar-refractivity contribution is 7.55. The summed E-state index contributed by atoms with van der Waals surface area (Å²) in [5.74, 6) is -1.15. The van der Waals surface area contributed by atoms with Crippen molar-refractivity contribution in [3.63, 3.8) is 0 Å². The van der Waals surface area contributed by atoms with Crippen molar-refractivity contribution >= 4 is 25.9 Å². The molecule has 2 atom stereocenters. The highest BCUT2D eigenvalue weighted by Crippen LogP contribution is 2.44. The SMILES string of the molecule is COc1ccc(C=O)cc1OP(=O)(N[C@@H](C)C(=O)OC(C)C)N[C@@H](C)C(=O)OC(C)C. The Labute approximate surface area is 182 Å². The van der Waals surface area contributed by atoms with Crippen molar-refractivity contribution < 1.29 is 37.7 Å². The van der Waals surface area contributed by atoms with Gasteiger partial charge >= 0.3 is 19.6 Å². The van der Waals surface area contributed by atoms with Gasteiger partial charge in [-0.25, -0.2) is 14.7 Å². The van der Waals surface area contributed by atoms with Crippen LogP contribution in [0.5, 0.6) is 11.5 Å². The Morgan fingerprint density at radius 3 is 1.77 bits per heavy atom.